The van der Waals surface area contributed by atoms with E-state index in [1.165, 1.54) is 11.3 Å². The molecule has 2 atom stereocenters. The summed E-state index contributed by atoms with van der Waals surface area (Å²) in [5.74, 6) is 0.0300. The fourth-order valence-corrected chi connectivity index (χ4v) is 2.46. The van der Waals surface area contributed by atoms with Crippen molar-refractivity contribution in [1.29, 1.82) is 0 Å². The number of nitrogens with zero attached hydrogens (tertiary/aromatic N) is 2. The fraction of sp³-hybridized carbons (Fsp3) is 0.600. The maximum Gasteiger partial charge on any atom is 0.248 e. The highest BCUT2D eigenvalue weighted by molar-refractivity contribution is 7.13. The standard InChI is InChI=1S/C10H15N3O2S/c1-7-5-15-6-8(11-2)9(14)13(7)10-12-3-4-16-10/h3-4,7-8,11H,5-6H2,1-2H3. The van der Waals surface area contributed by atoms with Gasteiger partial charge in [-0.3, -0.25) is 9.69 Å². The Labute approximate surface area is 98.4 Å². The van der Waals surface area contributed by atoms with E-state index in [0.717, 1.165) is 5.13 Å². The molecule has 1 aliphatic heterocycles. The van der Waals surface area contributed by atoms with Crippen molar-refractivity contribution >= 4 is 22.4 Å². The van der Waals surface area contributed by atoms with Gasteiger partial charge in [-0.25, -0.2) is 4.98 Å². The Balaban J connectivity index is 2.27. The van der Waals surface area contributed by atoms with Gasteiger partial charge in [0.25, 0.3) is 0 Å². The third-order valence-corrected chi connectivity index (χ3v) is 3.36. The van der Waals surface area contributed by atoms with E-state index in [-0.39, 0.29) is 18.0 Å². The molecule has 0 spiro atoms. The van der Waals surface area contributed by atoms with Crippen molar-refractivity contribution in [3.8, 4) is 0 Å². The lowest BCUT2D eigenvalue weighted by Gasteiger charge is -2.25. The van der Waals surface area contributed by atoms with Crippen LogP contribution in [0.3, 0.4) is 0 Å². The molecule has 0 aromatic carbocycles. The van der Waals surface area contributed by atoms with Crippen molar-refractivity contribution in [1.82, 2.24) is 10.3 Å². The maximum absolute atomic E-state index is 12.2. The van der Waals surface area contributed by atoms with Gasteiger partial charge in [0.1, 0.15) is 6.04 Å². The first kappa shape index (κ1) is 11.5. The highest BCUT2D eigenvalue weighted by Crippen LogP contribution is 2.22. The topological polar surface area (TPSA) is 54.5 Å². The first-order chi connectivity index (χ1) is 7.74. The summed E-state index contributed by atoms with van der Waals surface area (Å²) in [6.45, 7) is 2.93. The van der Waals surface area contributed by atoms with Gasteiger partial charge in [0.2, 0.25) is 5.91 Å². The molecule has 1 aromatic heterocycles. The second-order valence-electron chi connectivity index (χ2n) is 3.75. The number of amides is 1. The summed E-state index contributed by atoms with van der Waals surface area (Å²) in [4.78, 5) is 18.1. The highest BCUT2D eigenvalue weighted by Gasteiger charge is 2.32. The lowest BCUT2D eigenvalue weighted by molar-refractivity contribution is -0.120. The predicted octanol–water partition coefficient (Wildman–Crippen LogP) is 0.483. The number of hydrogen-bond donors (Lipinski definition) is 1. The smallest absolute Gasteiger partial charge is 0.248 e. The van der Waals surface area contributed by atoms with E-state index in [9.17, 15) is 4.79 Å². The number of thiazole rings is 1. The van der Waals surface area contributed by atoms with E-state index in [0.29, 0.717) is 13.2 Å². The highest BCUT2D eigenvalue weighted by atomic mass is 32.1. The summed E-state index contributed by atoms with van der Waals surface area (Å²) in [5.41, 5.74) is 0. The zero-order valence-corrected chi connectivity index (χ0v) is 10.2. The van der Waals surface area contributed by atoms with Crippen LogP contribution >= 0.6 is 11.3 Å². The number of ether oxygens (including phenoxy) is 1. The molecule has 1 amide bonds. The molecule has 88 valence electrons. The van der Waals surface area contributed by atoms with Crippen molar-refractivity contribution in [2.75, 3.05) is 25.2 Å². The summed E-state index contributed by atoms with van der Waals surface area (Å²) in [6, 6.07) is -0.258. The molecule has 1 aliphatic rings. The van der Waals surface area contributed by atoms with Crippen LogP contribution < -0.4 is 10.2 Å². The van der Waals surface area contributed by atoms with Gasteiger partial charge in [0.05, 0.1) is 19.3 Å². The largest absolute Gasteiger partial charge is 0.377 e. The number of carbonyl (C=O) groups excluding carboxylic acids is 1. The van der Waals surface area contributed by atoms with E-state index < -0.39 is 0 Å². The van der Waals surface area contributed by atoms with Gasteiger partial charge in [-0.2, -0.15) is 0 Å². The summed E-state index contributed by atoms with van der Waals surface area (Å²) in [5, 5.41) is 5.58. The van der Waals surface area contributed by atoms with Crippen molar-refractivity contribution in [2.24, 2.45) is 0 Å². The molecule has 5 nitrogen and oxygen atoms in total. The first-order valence-electron chi connectivity index (χ1n) is 5.21. The lowest BCUT2D eigenvalue weighted by atomic mass is 10.2. The molecule has 6 heteroatoms. The Bertz CT molecular complexity index is 355. The second kappa shape index (κ2) is 4.90. The molecular weight excluding hydrogens is 226 g/mol. The van der Waals surface area contributed by atoms with Crippen LogP contribution in [0, 0.1) is 0 Å². The molecule has 1 aromatic rings. The van der Waals surface area contributed by atoms with Crippen LogP contribution in [0.5, 0.6) is 0 Å². The van der Waals surface area contributed by atoms with Gasteiger partial charge in [-0.15, -0.1) is 11.3 Å². The minimum atomic E-state index is -0.283. The number of anilines is 1. The molecular formula is C10H15N3O2S. The van der Waals surface area contributed by atoms with Gasteiger partial charge in [-0.05, 0) is 14.0 Å². The number of nitrogens with one attached hydrogen (secondary N) is 1. The average Bonchev–Trinajstić information content (AvgIpc) is 2.73. The van der Waals surface area contributed by atoms with Gasteiger partial charge in [0, 0.05) is 11.6 Å². The van der Waals surface area contributed by atoms with Gasteiger partial charge < -0.3 is 10.1 Å². The average molecular weight is 241 g/mol. The van der Waals surface area contributed by atoms with E-state index >= 15 is 0 Å². The molecule has 1 fully saturated rings. The first-order valence-corrected chi connectivity index (χ1v) is 6.09. The molecule has 2 rings (SSSR count). The van der Waals surface area contributed by atoms with Crippen LogP contribution in [0.15, 0.2) is 11.6 Å². The SMILES string of the molecule is CNC1COCC(C)N(c2nccs2)C1=O. The van der Waals surface area contributed by atoms with E-state index in [2.05, 4.69) is 10.3 Å². The summed E-state index contributed by atoms with van der Waals surface area (Å²) in [6.07, 6.45) is 1.71. The molecule has 2 unspecified atom stereocenters. The van der Waals surface area contributed by atoms with Crippen LogP contribution in [0.25, 0.3) is 0 Å². The molecule has 1 N–H and O–H groups in total. The molecule has 1 saturated heterocycles. The van der Waals surface area contributed by atoms with Crippen molar-refractivity contribution in [3.05, 3.63) is 11.6 Å². The number of carbonyl (C=O) groups is 1. The van der Waals surface area contributed by atoms with Crippen molar-refractivity contribution in [2.45, 2.75) is 19.0 Å². The molecule has 0 radical (unpaired) electrons. The zero-order chi connectivity index (χ0) is 11.5. The molecule has 2 heterocycles. The van der Waals surface area contributed by atoms with Crippen LogP contribution in [-0.4, -0.2) is 43.2 Å². The summed E-state index contributed by atoms with van der Waals surface area (Å²) in [7, 11) is 1.77. The molecule has 16 heavy (non-hydrogen) atoms. The second-order valence-corrected chi connectivity index (χ2v) is 4.62. The van der Waals surface area contributed by atoms with Gasteiger partial charge in [0.15, 0.2) is 5.13 Å². The Morgan fingerprint density at radius 2 is 2.44 bits per heavy atom. The lowest BCUT2D eigenvalue weighted by Crippen LogP contribution is -2.48. The number of hydrogen-bond acceptors (Lipinski definition) is 5. The van der Waals surface area contributed by atoms with E-state index in [1.807, 2.05) is 12.3 Å². The van der Waals surface area contributed by atoms with Gasteiger partial charge >= 0.3 is 0 Å². The number of likely N-dealkylation sites (N-methyl/N-ethyl adjacent to an activating group) is 1. The monoisotopic (exact) mass is 241 g/mol. The third-order valence-electron chi connectivity index (χ3n) is 2.59. The maximum atomic E-state index is 12.2. The summed E-state index contributed by atoms with van der Waals surface area (Å²) < 4.78 is 5.46. The molecule has 0 bridgehead atoms. The molecule has 0 saturated carbocycles. The Kier molecular flexibility index (Phi) is 3.52. The van der Waals surface area contributed by atoms with Gasteiger partial charge in [-0.1, -0.05) is 0 Å². The van der Waals surface area contributed by atoms with E-state index in [4.69, 9.17) is 4.74 Å². The zero-order valence-electron chi connectivity index (χ0n) is 9.34. The quantitative estimate of drug-likeness (QED) is 0.818. The minimum absolute atomic E-state index is 0.0250. The van der Waals surface area contributed by atoms with Crippen molar-refractivity contribution in [3.63, 3.8) is 0 Å². The van der Waals surface area contributed by atoms with Crippen LogP contribution in [-0.2, 0) is 9.53 Å². The Hall–Kier alpha value is -0.980. The van der Waals surface area contributed by atoms with Crippen LogP contribution in [0.4, 0.5) is 5.13 Å². The number of rotatable bonds is 2. The Morgan fingerprint density at radius 1 is 1.62 bits per heavy atom. The minimum Gasteiger partial charge on any atom is -0.377 e. The Morgan fingerprint density at radius 3 is 3.06 bits per heavy atom. The third kappa shape index (κ3) is 2.09. The summed E-state index contributed by atoms with van der Waals surface area (Å²) >= 11 is 1.47. The predicted molar refractivity (Wildman–Crippen MR) is 62.7 cm³/mol. The van der Waals surface area contributed by atoms with Crippen LogP contribution in [0.1, 0.15) is 6.92 Å². The van der Waals surface area contributed by atoms with Crippen LogP contribution in [0.2, 0.25) is 0 Å². The molecule has 0 aliphatic carbocycles. The fourth-order valence-electron chi connectivity index (χ4n) is 1.71. The van der Waals surface area contributed by atoms with Crippen molar-refractivity contribution < 1.29 is 9.53 Å². The van der Waals surface area contributed by atoms with E-state index in [1.54, 1.807) is 18.1 Å². The normalized spacial score (nSPS) is 26.9. The number of aromatic nitrogens is 1.